The van der Waals surface area contributed by atoms with Gasteiger partial charge in [-0.1, -0.05) is 315 Å². The van der Waals surface area contributed by atoms with Crippen molar-refractivity contribution in [2.45, 2.75) is 52.4 Å². The highest BCUT2D eigenvalue weighted by atomic mass is 15.2. The summed E-state index contributed by atoms with van der Waals surface area (Å²) < 4.78 is 5.07. The van der Waals surface area contributed by atoms with Crippen molar-refractivity contribution in [3.63, 3.8) is 0 Å². The summed E-state index contributed by atoms with van der Waals surface area (Å²) >= 11 is 0. The van der Waals surface area contributed by atoms with Gasteiger partial charge in [0.25, 0.3) is 6.71 Å². The summed E-state index contributed by atoms with van der Waals surface area (Å²) in [6, 6.07) is 141. The lowest BCUT2D eigenvalue weighted by Crippen LogP contribution is -2.61. The number of para-hydroxylation sites is 6. The third-order valence-electron chi connectivity index (χ3n) is 22.9. The van der Waals surface area contributed by atoms with Crippen LogP contribution in [0.3, 0.4) is 0 Å². The summed E-state index contributed by atoms with van der Waals surface area (Å²) in [5.74, 6) is 0. The molecule has 0 fully saturated rings. The Morgan fingerprint density at radius 1 is 0.245 bits per heavy atom. The molecule has 0 N–H and O–H groups in total. The Morgan fingerprint density at radius 2 is 0.627 bits per heavy atom. The van der Waals surface area contributed by atoms with Gasteiger partial charge in [0, 0.05) is 89.3 Å². The second-order valence-electron chi connectivity index (χ2n) is 31.6. The number of nitrogens with zero attached hydrogens (tertiary/aromatic N) is 5. The Hall–Kier alpha value is -13.4. The molecule has 110 heavy (non-hydrogen) atoms. The first-order chi connectivity index (χ1) is 53.9. The van der Waals surface area contributed by atoms with Crippen LogP contribution in [-0.4, -0.2) is 15.8 Å². The molecular weight excluding hydrogens is 1330 g/mol. The maximum absolute atomic E-state index is 2.72. The van der Waals surface area contributed by atoms with Crippen LogP contribution in [0.2, 0.25) is 0 Å². The molecule has 2 aliphatic rings. The lowest BCUT2D eigenvalue weighted by molar-refractivity contribution is 0.590. The second-order valence-corrected chi connectivity index (χ2v) is 31.6. The molecular formula is C104H80BN5. The van der Waals surface area contributed by atoms with E-state index in [-0.39, 0.29) is 17.5 Å². The zero-order chi connectivity index (χ0) is 73.9. The number of benzene rings is 16. The summed E-state index contributed by atoms with van der Waals surface area (Å²) in [6.45, 7) is 13.7. The molecule has 18 aromatic rings. The van der Waals surface area contributed by atoms with Gasteiger partial charge >= 0.3 is 0 Å². The molecule has 0 atom stereocenters. The summed E-state index contributed by atoms with van der Waals surface area (Å²) in [5, 5.41) is 4.75. The van der Waals surface area contributed by atoms with Gasteiger partial charge in [0.1, 0.15) is 0 Å². The van der Waals surface area contributed by atoms with Crippen molar-refractivity contribution in [1.82, 2.24) is 9.13 Å². The zero-order valence-corrected chi connectivity index (χ0v) is 62.6. The first kappa shape index (κ1) is 66.1. The van der Waals surface area contributed by atoms with Gasteiger partial charge in [0.2, 0.25) is 0 Å². The van der Waals surface area contributed by atoms with E-state index in [2.05, 4.69) is 441 Å². The second kappa shape index (κ2) is 26.2. The Morgan fingerprint density at radius 3 is 1.13 bits per heavy atom. The predicted octanol–water partition coefficient (Wildman–Crippen LogP) is 26.4. The van der Waals surface area contributed by atoms with Crippen molar-refractivity contribution < 1.29 is 0 Å². The molecule has 524 valence electrons. The van der Waals surface area contributed by atoms with E-state index >= 15 is 0 Å². The Balaban J connectivity index is 0.953. The first-order valence-corrected chi connectivity index (χ1v) is 38.5. The minimum atomic E-state index is -0.283. The molecule has 0 aliphatic carbocycles. The van der Waals surface area contributed by atoms with E-state index < -0.39 is 0 Å². The standard InChI is InChI=1S/C104H80BN5/c1-103(2,3)75-42-31-41-73(61-75)74-55-58-90-96(62-74)109(102-87(71-37-17-9-18-38-71)63-76(104(4,5)6)64-88(102)72-39-19-10-20-40-72)98-67-81(108-92-52-28-25-47-84(92)85-48-26-29-53-93(85)108)68-99-100(98)105(90)91-59-56-80(66-97(91)110(99)101-82(69-33-13-7-14-34-69)50-32-51-83(101)70-35-15-8-16-36-70)107-94-54-30-27-49-86(94)89-65-79(57-60-95(89)107)106(77-43-21-11-22-44-77)78-45-23-12-24-46-78/h7-68H,1-6H3. The van der Waals surface area contributed by atoms with E-state index in [0.717, 1.165) is 135 Å². The van der Waals surface area contributed by atoms with Crippen LogP contribution in [0.5, 0.6) is 0 Å². The summed E-state index contributed by atoms with van der Waals surface area (Å²) in [5.41, 5.74) is 33.8. The molecule has 0 unspecified atom stereocenters. The van der Waals surface area contributed by atoms with Crippen LogP contribution < -0.4 is 31.1 Å². The van der Waals surface area contributed by atoms with Gasteiger partial charge in [-0.2, -0.15) is 0 Å². The molecule has 0 saturated carbocycles. The fourth-order valence-electron chi connectivity index (χ4n) is 17.7. The number of anilines is 9. The lowest BCUT2D eigenvalue weighted by atomic mass is 9.33. The third kappa shape index (κ3) is 11.0. The van der Waals surface area contributed by atoms with Crippen molar-refractivity contribution in [1.29, 1.82) is 0 Å². The zero-order valence-electron chi connectivity index (χ0n) is 62.6. The van der Waals surface area contributed by atoms with E-state index in [1.165, 1.54) is 54.6 Å². The quantitative estimate of drug-likeness (QED) is 0.114. The smallest absolute Gasteiger partial charge is 0.252 e. The number of aromatic nitrogens is 2. The molecule has 2 aromatic heterocycles. The third-order valence-corrected chi connectivity index (χ3v) is 22.9. The number of fused-ring (bicyclic) bond motifs is 10. The predicted molar refractivity (Wildman–Crippen MR) is 468 cm³/mol. The topological polar surface area (TPSA) is 19.6 Å². The summed E-state index contributed by atoms with van der Waals surface area (Å²) in [4.78, 5) is 7.80. The Labute approximate surface area is 644 Å². The SMILES string of the molecule is CC(C)(C)c1cccc(-c2ccc3c(c2)N(c2c(-c4ccccc4)cc(C(C)(C)C)cc2-c2ccccc2)c2cc(-n4c5ccccc5c5ccccc54)cc4c2B3c2ccc(-n3c5ccccc5c5cc(N(c6ccccc6)c6ccccc6)ccc53)cc2N4c2c(-c3ccccc3)cccc2-c2ccccc2)c1. The van der Waals surface area contributed by atoms with Gasteiger partial charge < -0.3 is 23.8 Å². The van der Waals surface area contributed by atoms with Gasteiger partial charge in [-0.15, -0.1) is 0 Å². The van der Waals surface area contributed by atoms with Crippen LogP contribution in [0.1, 0.15) is 52.7 Å². The van der Waals surface area contributed by atoms with Crippen LogP contribution >= 0.6 is 0 Å². The lowest BCUT2D eigenvalue weighted by Gasteiger charge is -2.46. The largest absolute Gasteiger partial charge is 0.310 e. The van der Waals surface area contributed by atoms with Crippen LogP contribution in [0.4, 0.5) is 51.2 Å². The van der Waals surface area contributed by atoms with Crippen LogP contribution in [-0.2, 0) is 10.8 Å². The average Bonchev–Trinajstić information content (AvgIpc) is 0.793. The Bertz CT molecular complexity index is 6400. The van der Waals surface area contributed by atoms with Crippen molar-refractivity contribution in [3.05, 3.63) is 387 Å². The van der Waals surface area contributed by atoms with Gasteiger partial charge in [-0.25, -0.2) is 0 Å². The minimum Gasteiger partial charge on any atom is -0.310 e. The van der Waals surface area contributed by atoms with Crippen molar-refractivity contribution in [3.8, 4) is 67.0 Å². The van der Waals surface area contributed by atoms with E-state index in [1.807, 2.05) is 0 Å². The van der Waals surface area contributed by atoms with Gasteiger partial charge in [0.15, 0.2) is 0 Å². The van der Waals surface area contributed by atoms with Crippen LogP contribution in [0, 0.1) is 0 Å². The van der Waals surface area contributed by atoms with Crippen molar-refractivity contribution >= 4 is 118 Å². The fourth-order valence-corrected chi connectivity index (χ4v) is 17.7. The fraction of sp³-hybridized carbons (Fsp3) is 0.0769. The maximum Gasteiger partial charge on any atom is 0.252 e. The van der Waals surface area contributed by atoms with Gasteiger partial charge in [-0.3, -0.25) is 0 Å². The van der Waals surface area contributed by atoms with Crippen LogP contribution in [0.25, 0.3) is 111 Å². The number of hydrogen-bond acceptors (Lipinski definition) is 3. The van der Waals surface area contributed by atoms with Crippen molar-refractivity contribution in [2.75, 3.05) is 14.7 Å². The van der Waals surface area contributed by atoms with Crippen molar-refractivity contribution in [2.24, 2.45) is 0 Å². The number of rotatable bonds is 12. The summed E-state index contributed by atoms with van der Waals surface area (Å²) in [6.07, 6.45) is 0. The van der Waals surface area contributed by atoms with E-state index in [9.17, 15) is 0 Å². The van der Waals surface area contributed by atoms with E-state index in [1.54, 1.807) is 0 Å². The molecule has 0 saturated heterocycles. The average molecular weight is 1410 g/mol. The first-order valence-electron chi connectivity index (χ1n) is 38.5. The highest BCUT2D eigenvalue weighted by Gasteiger charge is 2.46. The Kier molecular flexibility index (Phi) is 15.7. The minimum absolute atomic E-state index is 0.0804. The molecule has 0 spiro atoms. The molecule has 0 amide bonds. The maximum atomic E-state index is 2.72. The molecule has 4 heterocycles. The molecule has 0 radical (unpaired) electrons. The molecule has 0 bridgehead atoms. The van der Waals surface area contributed by atoms with Gasteiger partial charge in [0.05, 0.1) is 39.1 Å². The van der Waals surface area contributed by atoms with E-state index in [4.69, 9.17) is 0 Å². The molecule has 5 nitrogen and oxygen atoms in total. The molecule has 16 aromatic carbocycles. The molecule has 2 aliphatic heterocycles. The van der Waals surface area contributed by atoms with Crippen LogP contribution in [0.15, 0.2) is 376 Å². The number of hydrogen-bond donors (Lipinski definition) is 0. The highest BCUT2D eigenvalue weighted by molar-refractivity contribution is 7.00. The molecule has 6 heteroatoms. The monoisotopic (exact) mass is 1410 g/mol. The highest BCUT2D eigenvalue weighted by Crippen LogP contribution is 2.56. The summed E-state index contributed by atoms with van der Waals surface area (Å²) in [7, 11) is 0. The molecule has 20 rings (SSSR count). The van der Waals surface area contributed by atoms with E-state index in [0.29, 0.717) is 0 Å². The normalized spacial score (nSPS) is 12.6. The van der Waals surface area contributed by atoms with Gasteiger partial charge in [-0.05, 0) is 175 Å².